The standard InChI is InChI=1S/C18H25NO/c1-3-15-7-9-16(10-8-15)14-17(19-4-2)11-12-18-6-5-13-20-18/h5-10,13,17,19H,3-4,11-12,14H2,1-2H3. The van der Waals surface area contributed by atoms with Crippen LogP contribution in [0.25, 0.3) is 0 Å². The minimum atomic E-state index is 0.512. The van der Waals surface area contributed by atoms with Crippen LogP contribution in [0.4, 0.5) is 0 Å². The Kier molecular flexibility index (Phi) is 5.87. The number of nitrogens with one attached hydrogen (secondary N) is 1. The van der Waals surface area contributed by atoms with Crippen LogP contribution in [0.3, 0.4) is 0 Å². The largest absolute Gasteiger partial charge is 0.469 e. The lowest BCUT2D eigenvalue weighted by molar-refractivity contribution is 0.448. The van der Waals surface area contributed by atoms with Crippen LogP contribution in [0.2, 0.25) is 0 Å². The third-order valence-corrected chi connectivity index (χ3v) is 3.73. The summed E-state index contributed by atoms with van der Waals surface area (Å²) < 4.78 is 5.41. The first-order chi connectivity index (χ1) is 9.81. The van der Waals surface area contributed by atoms with Gasteiger partial charge in [0.15, 0.2) is 0 Å². The molecule has 0 aliphatic heterocycles. The van der Waals surface area contributed by atoms with Crippen molar-refractivity contribution >= 4 is 0 Å². The molecule has 1 N–H and O–H groups in total. The highest BCUT2D eigenvalue weighted by molar-refractivity contribution is 5.23. The van der Waals surface area contributed by atoms with Crippen LogP contribution in [0.5, 0.6) is 0 Å². The molecule has 1 atom stereocenters. The maximum atomic E-state index is 5.41. The smallest absolute Gasteiger partial charge is 0.103 e. The SMILES string of the molecule is CCNC(CCc1ccco1)Cc1ccc(CC)cc1. The van der Waals surface area contributed by atoms with E-state index in [0.717, 1.165) is 38.0 Å². The van der Waals surface area contributed by atoms with Crippen molar-refractivity contribution in [1.29, 1.82) is 0 Å². The van der Waals surface area contributed by atoms with Crippen molar-refractivity contribution in [3.63, 3.8) is 0 Å². The van der Waals surface area contributed by atoms with Crippen LogP contribution < -0.4 is 5.32 Å². The van der Waals surface area contributed by atoms with Gasteiger partial charge in [-0.25, -0.2) is 0 Å². The predicted octanol–water partition coefficient (Wildman–Crippen LogP) is 4.00. The Hall–Kier alpha value is -1.54. The van der Waals surface area contributed by atoms with E-state index in [9.17, 15) is 0 Å². The fourth-order valence-corrected chi connectivity index (χ4v) is 2.53. The number of likely N-dealkylation sites (N-methyl/N-ethyl adjacent to an activating group) is 1. The quantitative estimate of drug-likeness (QED) is 0.785. The lowest BCUT2D eigenvalue weighted by Gasteiger charge is -2.17. The molecule has 20 heavy (non-hydrogen) atoms. The molecule has 0 fully saturated rings. The first-order valence-corrected chi connectivity index (χ1v) is 7.65. The van der Waals surface area contributed by atoms with E-state index in [0.29, 0.717) is 6.04 Å². The summed E-state index contributed by atoms with van der Waals surface area (Å²) in [7, 11) is 0. The summed E-state index contributed by atoms with van der Waals surface area (Å²) in [4.78, 5) is 0. The van der Waals surface area contributed by atoms with Gasteiger partial charge in [-0.1, -0.05) is 38.1 Å². The van der Waals surface area contributed by atoms with Gasteiger partial charge in [-0.05, 0) is 49.1 Å². The monoisotopic (exact) mass is 271 g/mol. The van der Waals surface area contributed by atoms with Crippen molar-refractivity contribution in [3.8, 4) is 0 Å². The molecule has 2 nitrogen and oxygen atoms in total. The van der Waals surface area contributed by atoms with E-state index in [4.69, 9.17) is 4.42 Å². The summed E-state index contributed by atoms with van der Waals surface area (Å²) in [6, 6.07) is 13.5. The highest BCUT2D eigenvalue weighted by Crippen LogP contribution is 2.12. The van der Waals surface area contributed by atoms with E-state index >= 15 is 0 Å². The molecular weight excluding hydrogens is 246 g/mol. The average molecular weight is 271 g/mol. The van der Waals surface area contributed by atoms with Gasteiger partial charge in [-0.3, -0.25) is 0 Å². The van der Waals surface area contributed by atoms with Gasteiger partial charge in [0.2, 0.25) is 0 Å². The fourth-order valence-electron chi connectivity index (χ4n) is 2.53. The zero-order valence-electron chi connectivity index (χ0n) is 12.6. The van der Waals surface area contributed by atoms with E-state index in [1.54, 1.807) is 6.26 Å². The average Bonchev–Trinajstić information content (AvgIpc) is 2.99. The second-order valence-corrected chi connectivity index (χ2v) is 5.25. The molecule has 0 bridgehead atoms. The van der Waals surface area contributed by atoms with Gasteiger partial charge in [0, 0.05) is 12.5 Å². The zero-order chi connectivity index (χ0) is 14.2. The van der Waals surface area contributed by atoms with E-state index in [-0.39, 0.29) is 0 Å². The Balaban J connectivity index is 1.90. The molecule has 1 aromatic heterocycles. The summed E-state index contributed by atoms with van der Waals surface area (Å²) in [6.07, 6.45) is 6.05. The zero-order valence-corrected chi connectivity index (χ0v) is 12.6. The van der Waals surface area contributed by atoms with Gasteiger partial charge in [-0.15, -0.1) is 0 Å². The summed E-state index contributed by atoms with van der Waals surface area (Å²) in [5.41, 5.74) is 2.82. The molecule has 0 aliphatic carbocycles. The first-order valence-electron chi connectivity index (χ1n) is 7.65. The molecule has 0 amide bonds. The summed E-state index contributed by atoms with van der Waals surface area (Å²) in [5.74, 6) is 1.08. The number of benzene rings is 1. The molecule has 0 aliphatic rings. The number of furan rings is 1. The van der Waals surface area contributed by atoms with Crippen molar-refractivity contribution < 1.29 is 4.42 Å². The molecule has 0 saturated carbocycles. The second kappa shape index (κ2) is 7.91. The van der Waals surface area contributed by atoms with Crippen LogP contribution >= 0.6 is 0 Å². The molecule has 108 valence electrons. The summed E-state index contributed by atoms with van der Waals surface area (Å²) in [5, 5.41) is 3.58. The Morgan fingerprint density at radius 1 is 1.05 bits per heavy atom. The van der Waals surface area contributed by atoms with Crippen molar-refractivity contribution in [1.82, 2.24) is 5.32 Å². The second-order valence-electron chi connectivity index (χ2n) is 5.25. The number of rotatable bonds is 8. The normalized spacial score (nSPS) is 12.5. The fraction of sp³-hybridized carbons (Fsp3) is 0.444. The van der Waals surface area contributed by atoms with Crippen LogP contribution in [-0.2, 0) is 19.3 Å². The Bertz CT molecular complexity index is 473. The minimum absolute atomic E-state index is 0.512. The third kappa shape index (κ3) is 4.53. The van der Waals surface area contributed by atoms with Gasteiger partial charge < -0.3 is 9.73 Å². The molecule has 2 aromatic rings. The number of aryl methyl sites for hydroxylation is 2. The molecular formula is C18H25NO. The van der Waals surface area contributed by atoms with E-state index in [2.05, 4.69) is 49.5 Å². The third-order valence-electron chi connectivity index (χ3n) is 3.73. The molecule has 1 unspecified atom stereocenters. The lowest BCUT2D eigenvalue weighted by atomic mass is 9.99. The van der Waals surface area contributed by atoms with Gasteiger partial charge in [0.05, 0.1) is 6.26 Å². The van der Waals surface area contributed by atoms with E-state index in [1.807, 2.05) is 6.07 Å². The van der Waals surface area contributed by atoms with Crippen LogP contribution in [0.1, 0.15) is 37.2 Å². The van der Waals surface area contributed by atoms with Crippen molar-refractivity contribution in [3.05, 3.63) is 59.5 Å². The van der Waals surface area contributed by atoms with Gasteiger partial charge in [0.25, 0.3) is 0 Å². The molecule has 2 rings (SSSR count). The maximum absolute atomic E-state index is 5.41. The molecule has 1 heterocycles. The maximum Gasteiger partial charge on any atom is 0.103 e. The van der Waals surface area contributed by atoms with E-state index < -0.39 is 0 Å². The molecule has 0 saturated heterocycles. The van der Waals surface area contributed by atoms with Gasteiger partial charge in [-0.2, -0.15) is 0 Å². The van der Waals surface area contributed by atoms with Crippen molar-refractivity contribution in [2.24, 2.45) is 0 Å². The Labute approximate surface area is 122 Å². The molecule has 1 aromatic carbocycles. The van der Waals surface area contributed by atoms with Crippen molar-refractivity contribution in [2.75, 3.05) is 6.54 Å². The molecule has 2 heteroatoms. The van der Waals surface area contributed by atoms with Crippen LogP contribution in [-0.4, -0.2) is 12.6 Å². The predicted molar refractivity (Wildman–Crippen MR) is 84.0 cm³/mol. The van der Waals surface area contributed by atoms with Crippen LogP contribution in [0.15, 0.2) is 47.1 Å². The minimum Gasteiger partial charge on any atom is -0.469 e. The topological polar surface area (TPSA) is 25.2 Å². The Morgan fingerprint density at radius 2 is 1.80 bits per heavy atom. The lowest BCUT2D eigenvalue weighted by Crippen LogP contribution is -2.31. The molecule has 0 radical (unpaired) electrons. The van der Waals surface area contributed by atoms with Crippen LogP contribution in [0, 0.1) is 0 Å². The highest BCUT2D eigenvalue weighted by atomic mass is 16.3. The van der Waals surface area contributed by atoms with E-state index in [1.165, 1.54) is 11.1 Å². The Morgan fingerprint density at radius 3 is 2.40 bits per heavy atom. The number of hydrogen-bond donors (Lipinski definition) is 1. The molecule has 0 spiro atoms. The number of hydrogen-bond acceptors (Lipinski definition) is 2. The van der Waals surface area contributed by atoms with Gasteiger partial charge in [0.1, 0.15) is 5.76 Å². The highest BCUT2D eigenvalue weighted by Gasteiger charge is 2.09. The van der Waals surface area contributed by atoms with Gasteiger partial charge >= 0.3 is 0 Å². The first kappa shape index (κ1) is 14.9. The summed E-state index contributed by atoms with van der Waals surface area (Å²) in [6.45, 7) is 5.37. The van der Waals surface area contributed by atoms with Crippen molar-refractivity contribution in [2.45, 2.75) is 45.6 Å². The summed E-state index contributed by atoms with van der Waals surface area (Å²) >= 11 is 0.